The highest BCUT2D eigenvalue weighted by Gasteiger charge is 2.36. The van der Waals surface area contributed by atoms with E-state index in [0.29, 0.717) is 42.5 Å². The number of nitrogens with zero attached hydrogens (tertiary/aromatic N) is 1. The molecule has 0 radical (unpaired) electrons. The van der Waals surface area contributed by atoms with Crippen LogP contribution in [-0.2, 0) is 37.4 Å². The van der Waals surface area contributed by atoms with Gasteiger partial charge in [-0.15, -0.1) is 0 Å². The van der Waals surface area contributed by atoms with Gasteiger partial charge in [0.05, 0.1) is 40.0 Å². The van der Waals surface area contributed by atoms with E-state index < -0.39 is 32.5 Å². The Hall–Kier alpha value is -2.07. The van der Waals surface area contributed by atoms with Crippen LogP contribution in [0.2, 0.25) is 0 Å². The highest BCUT2D eigenvalue weighted by Crippen LogP contribution is 2.38. The molecule has 1 fully saturated rings. The van der Waals surface area contributed by atoms with Gasteiger partial charge in [0, 0.05) is 12.8 Å². The van der Waals surface area contributed by atoms with Crippen molar-refractivity contribution in [3.05, 3.63) is 48.6 Å². The van der Waals surface area contributed by atoms with Gasteiger partial charge in [-0.1, -0.05) is 107 Å². The summed E-state index contributed by atoms with van der Waals surface area (Å²) < 4.78 is 39.5. The summed E-state index contributed by atoms with van der Waals surface area (Å²) in [5.41, 5.74) is 0. The highest BCUT2D eigenvalue weighted by molar-refractivity contribution is 7.45. The maximum absolute atomic E-state index is 12.6. The molecule has 1 aliphatic heterocycles. The third-order valence-corrected chi connectivity index (χ3v) is 9.69. The summed E-state index contributed by atoms with van der Waals surface area (Å²) in [6.45, 7) is 4.04. The summed E-state index contributed by atoms with van der Waals surface area (Å²) in [6.07, 6.45) is 36.0. The Morgan fingerprint density at radius 1 is 0.679 bits per heavy atom. The Morgan fingerprint density at radius 2 is 1.23 bits per heavy atom. The van der Waals surface area contributed by atoms with Crippen molar-refractivity contribution in [3.63, 3.8) is 0 Å². The molecule has 0 spiro atoms. The lowest BCUT2D eigenvalue weighted by atomic mass is 10.1. The van der Waals surface area contributed by atoms with Gasteiger partial charge in [0.1, 0.15) is 19.8 Å². The molecule has 3 unspecified atom stereocenters. The molecular weight excluding hydrogens is 693 g/mol. The topological polar surface area (TPSA) is 124 Å². The first-order chi connectivity index (χ1) is 25.5. The minimum atomic E-state index is -4.64. The minimum Gasteiger partial charge on any atom is -0.756 e. The van der Waals surface area contributed by atoms with E-state index in [1.807, 2.05) is 27.2 Å². The van der Waals surface area contributed by atoms with Gasteiger partial charge < -0.3 is 32.6 Å². The second-order valence-electron chi connectivity index (χ2n) is 15.0. The first-order valence-electron chi connectivity index (χ1n) is 20.5. The molecule has 53 heavy (non-hydrogen) atoms. The summed E-state index contributed by atoms with van der Waals surface area (Å²) in [4.78, 5) is 37.4. The van der Waals surface area contributed by atoms with E-state index in [9.17, 15) is 19.0 Å². The summed E-state index contributed by atoms with van der Waals surface area (Å²) in [5, 5.41) is 0. The van der Waals surface area contributed by atoms with E-state index in [2.05, 4.69) is 56.4 Å². The molecule has 0 amide bonds. The van der Waals surface area contributed by atoms with Crippen molar-refractivity contribution in [2.24, 2.45) is 0 Å². The van der Waals surface area contributed by atoms with Crippen LogP contribution in [0.5, 0.6) is 0 Å². The number of carbonyl (C=O) groups is 2. The Morgan fingerprint density at radius 3 is 1.92 bits per heavy atom. The fourth-order valence-corrected chi connectivity index (χ4v) is 6.04. The number of hydrogen-bond acceptors (Lipinski definition) is 9. The molecule has 0 saturated carbocycles. The zero-order valence-electron chi connectivity index (χ0n) is 33.9. The van der Waals surface area contributed by atoms with E-state index in [1.54, 1.807) is 0 Å². The lowest BCUT2D eigenvalue weighted by molar-refractivity contribution is -0.870. The van der Waals surface area contributed by atoms with Crippen molar-refractivity contribution < 1.29 is 46.8 Å². The second-order valence-corrected chi connectivity index (χ2v) is 16.4. The number of epoxide rings is 1. The number of ether oxygens (including phenoxy) is 3. The third kappa shape index (κ3) is 31.9. The van der Waals surface area contributed by atoms with Crippen LogP contribution in [0.1, 0.15) is 142 Å². The van der Waals surface area contributed by atoms with Crippen LogP contribution < -0.4 is 4.89 Å². The maximum Gasteiger partial charge on any atom is 0.306 e. The average molecular weight is 768 g/mol. The molecule has 4 atom stereocenters. The van der Waals surface area contributed by atoms with Crippen LogP contribution in [0.25, 0.3) is 0 Å². The summed E-state index contributed by atoms with van der Waals surface area (Å²) in [6, 6.07) is 0. The van der Waals surface area contributed by atoms with Crippen LogP contribution in [0, 0.1) is 0 Å². The quantitative estimate of drug-likeness (QED) is 0.0155. The molecule has 11 heteroatoms. The van der Waals surface area contributed by atoms with Crippen molar-refractivity contribution in [1.82, 2.24) is 0 Å². The van der Waals surface area contributed by atoms with E-state index >= 15 is 0 Å². The number of unbranched alkanes of at least 4 members (excludes halogenated alkanes) is 11. The molecule has 10 nitrogen and oxygen atoms in total. The van der Waals surface area contributed by atoms with Gasteiger partial charge in [0.25, 0.3) is 7.82 Å². The van der Waals surface area contributed by atoms with Gasteiger partial charge >= 0.3 is 11.9 Å². The fourth-order valence-electron chi connectivity index (χ4n) is 5.31. The first kappa shape index (κ1) is 48.9. The van der Waals surface area contributed by atoms with Crippen LogP contribution in [0.15, 0.2) is 48.6 Å². The fraction of sp³-hybridized carbons (Fsp3) is 0.762. The highest BCUT2D eigenvalue weighted by atomic mass is 31.2. The van der Waals surface area contributed by atoms with E-state index in [0.717, 1.165) is 64.2 Å². The van der Waals surface area contributed by atoms with Crippen molar-refractivity contribution in [1.29, 1.82) is 0 Å². The number of quaternary nitrogens is 1. The van der Waals surface area contributed by atoms with Gasteiger partial charge in [-0.25, -0.2) is 0 Å². The number of allylic oxidation sites excluding steroid dienone is 6. The van der Waals surface area contributed by atoms with Crippen molar-refractivity contribution in [2.75, 3.05) is 47.5 Å². The summed E-state index contributed by atoms with van der Waals surface area (Å²) in [5.74, 6) is -0.923. The van der Waals surface area contributed by atoms with Gasteiger partial charge in [-0.05, 0) is 70.6 Å². The Kier molecular flexibility index (Phi) is 28.8. The van der Waals surface area contributed by atoms with E-state index in [4.69, 9.17) is 23.3 Å². The summed E-state index contributed by atoms with van der Waals surface area (Å²) in [7, 11) is 1.11. The van der Waals surface area contributed by atoms with E-state index in [1.165, 1.54) is 32.1 Å². The SMILES string of the molecule is CCCC/C=C\CCCCCCCC(=O)OC[C@H](COP(=O)([O-])OCC[N+](C)(C)C)OC(=O)CCC/C=C\C/C=C\CC1OC1C/C=C\CCCCC. The van der Waals surface area contributed by atoms with Crippen LogP contribution in [0.4, 0.5) is 0 Å². The Bertz CT molecular complexity index is 1110. The predicted octanol–water partition coefficient (Wildman–Crippen LogP) is 9.48. The molecule has 0 aliphatic carbocycles. The normalized spacial score (nSPS) is 18.0. The van der Waals surface area contributed by atoms with Gasteiger partial charge in [0.15, 0.2) is 6.10 Å². The molecular formula is C42H74NO9P. The molecule has 0 aromatic heterocycles. The summed E-state index contributed by atoms with van der Waals surface area (Å²) >= 11 is 0. The monoisotopic (exact) mass is 768 g/mol. The smallest absolute Gasteiger partial charge is 0.306 e. The van der Waals surface area contributed by atoms with Gasteiger partial charge in [-0.2, -0.15) is 0 Å². The van der Waals surface area contributed by atoms with E-state index in [-0.39, 0.29) is 26.1 Å². The number of esters is 2. The molecule has 1 aliphatic rings. The molecule has 1 heterocycles. The Labute approximate surface area is 322 Å². The molecule has 306 valence electrons. The van der Waals surface area contributed by atoms with Crippen molar-refractivity contribution in [2.45, 2.75) is 161 Å². The number of carbonyl (C=O) groups excluding carboxylic acids is 2. The largest absolute Gasteiger partial charge is 0.756 e. The average Bonchev–Trinajstić information content (AvgIpc) is 3.86. The number of hydrogen-bond donors (Lipinski definition) is 0. The lowest BCUT2D eigenvalue weighted by Gasteiger charge is -2.28. The second kappa shape index (κ2) is 31.2. The minimum absolute atomic E-state index is 0.0464. The standard InChI is InChI=1S/C42H74NO9P/c1-6-8-10-12-14-15-16-17-20-24-28-32-41(44)48-36-38(37-50-53(46,47)49-35-34-43(3,4)5)51-42(45)33-29-25-21-18-19-23-27-31-40-39(52-40)30-26-22-13-11-9-7-2/h12,14,18,21-23,26-27,38-40H,6-11,13,15-17,19-20,24-25,28-37H2,1-5H3/b14-12-,21-18-,26-22-,27-23-/t38-,39?,40?/m1/s1. The molecule has 1 rings (SSSR count). The van der Waals surface area contributed by atoms with Crippen LogP contribution >= 0.6 is 7.82 Å². The number of rotatable bonds is 35. The molecule has 1 saturated heterocycles. The van der Waals surface area contributed by atoms with Crippen molar-refractivity contribution in [3.8, 4) is 0 Å². The van der Waals surface area contributed by atoms with Gasteiger partial charge in [-0.3, -0.25) is 14.2 Å². The predicted molar refractivity (Wildman–Crippen MR) is 212 cm³/mol. The number of likely N-dealkylation sites (N-methyl/N-ethyl adjacent to an activating group) is 1. The molecule has 0 aromatic rings. The van der Waals surface area contributed by atoms with Crippen LogP contribution in [0.3, 0.4) is 0 Å². The zero-order valence-corrected chi connectivity index (χ0v) is 34.8. The zero-order chi connectivity index (χ0) is 39.0. The number of phosphoric ester groups is 1. The first-order valence-corrected chi connectivity index (χ1v) is 21.9. The Balaban J connectivity index is 2.36. The lowest BCUT2D eigenvalue weighted by Crippen LogP contribution is -2.37. The number of phosphoric acid groups is 1. The third-order valence-electron chi connectivity index (χ3n) is 8.72. The molecule has 0 bridgehead atoms. The molecule has 0 aromatic carbocycles. The van der Waals surface area contributed by atoms with Crippen LogP contribution in [-0.4, -0.2) is 82.2 Å². The molecule has 0 N–H and O–H groups in total. The maximum atomic E-state index is 12.6. The van der Waals surface area contributed by atoms with Gasteiger partial charge in [0.2, 0.25) is 0 Å². The van der Waals surface area contributed by atoms with Crippen molar-refractivity contribution >= 4 is 19.8 Å².